The normalized spacial score (nSPS) is 12.3. The van der Waals surface area contributed by atoms with Gasteiger partial charge in [0.05, 0.1) is 6.61 Å². The third kappa shape index (κ3) is 4.51. The first-order valence-corrected chi connectivity index (χ1v) is 6.75. The van der Waals surface area contributed by atoms with Crippen LogP contribution in [0.1, 0.15) is 57.1 Å². The number of hydrogen-bond acceptors (Lipinski definition) is 3. The van der Waals surface area contributed by atoms with Gasteiger partial charge in [0, 0.05) is 6.42 Å². The summed E-state index contributed by atoms with van der Waals surface area (Å²) in [6, 6.07) is 8.17. The predicted octanol–water partition coefficient (Wildman–Crippen LogP) is 3.44. The van der Waals surface area contributed by atoms with Gasteiger partial charge >= 0.3 is 5.97 Å². The largest absolute Gasteiger partial charge is 0.460 e. The van der Waals surface area contributed by atoms with Crippen molar-refractivity contribution in [3.63, 3.8) is 0 Å². The number of ketones is 1. The molecule has 3 heteroatoms. The molecule has 0 bridgehead atoms. The molecule has 0 amide bonds. The van der Waals surface area contributed by atoms with Gasteiger partial charge in [-0.15, -0.1) is 0 Å². The molecule has 19 heavy (non-hydrogen) atoms. The molecule has 1 rings (SSSR count). The Balaban J connectivity index is 2.72. The zero-order chi connectivity index (χ0) is 14.4. The van der Waals surface area contributed by atoms with Crippen molar-refractivity contribution in [2.45, 2.75) is 46.0 Å². The summed E-state index contributed by atoms with van der Waals surface area (Å²) in [6.45, 7) is 8.15. The minimum Gasteiger partial charge on any atom is -0.460 e. The van der Waals surface area contributed by atoms with E-state index in [1.807, 2.05) is 19.1 Å². The molecule has 0 aliphatic rings. The first kappa shape index (κ1) is 15.4. The van der Waals surface area contributed by atoms with Crippen molar-refractivity contribution in [2.24, 2.45) is 0 Å². The third-order valence-electron chi connectivity index (χ3n) is 3.14. The summed E-state index contributed by atoms with van der Waals surface area (Å²) in [7, 11) is 0. The van der Waals surface area contributed by atoms with Gasteiger partial charge in [0.15, 0.2) is 0 Å². The highest BCUT2D eigenvalue weighted by atomic mass is 16.5. The van der Waals surface area contributed by atoms with E-state index in [0.717, 1.165) is 5.56 Å². The molecule has 3 nitrogen and oxygen atoms in total. The number of esters is 1. The smallest absolute Gasteiger partial charge is 0.374 e. The predicted molar refractivity (Wildman–Crippen MR) is 75.2 cm³/mol. The summed E-state index contributed by atoms with van der Waals surface area (Å²) >= 11 is 0. The van der Waals surface area contributed by atoms with Crippen LogP contribution in [0, 0.1) is 0 Å². The van der Waals surface area contributed by atoms with E-state index in [1.54, 1.807) is 6.92 Å². The Hall–Kier alpha value is -1.64. The van der Waals surface area contributed by atoms with Crippen LogP contribution in [0.15, 0.2) is 24.3 Å². The zero-order valence-corrected chi connectivity index (χ0v) is 12.1. The number of Topliss-reactive ketones (excluding diaryl/α,β-unsaturated/α-hetero) is 1. The Labute approximate surface area is 115 Å². The maximum absolute atomic E-state index is 11.7. The highest BCUT2D eigenvalue weighted by Crippen LogP contribution is 2.23. The van der Waals surface area contributed by atoms with E-state index in [2.05, 4.69) is 26.0 Å². The van der Waals surface area contributed by atoms with Gasteiger partial charge in [0.2, 0.25) is 5.78 Å². The minimum absolute atomic E-state index is 0.0237. The maximum atomic E-state index is 11.7. The van der Waals surface area contributed by atoms with Crippen molar-refractivity contribution in [2.75, 3.05) is 6.61 Å². The van der Waals surface area contributed by atoms with Gasteiger partial charge in [0.1, 0.15) is 0 Å². The van der Waals surface area contributed by atoms with E-state index in [9.17, 15) is 9.59 Å². The molecule has 0 saturated heterocycles. The highest BCUT2D eigenvalue weighted by molar-refractivity contribution is 6.33. The maximum Gasteiger partial charge on any atom is 0.374 e. The fraction of sp³-hybridized carbons (Fsp3) is 0.500. The van der Waals surface area contributed by atoms with Gasteiger partial charge < -0.3 is 4.74 Å². The second-order valence-corrected chi connectivity index (χ2v) is 5.07. The molecule has 0 heterocycles. The van der Waals surface area contributed by atoms with Gasteiger partial charge in [-0.2, -0.15) is 0 Å². The Morgan fingerprint density at radius 1 is 1.16 bits per heavy atom. The van der Waals surface area contributed by atoms with Gasteiger partial charge in [-0.1, -0.05) is 45.0 Å². The SMILES string of the molecule is CCOC(=O)C(=O)C[C@H](C)c1cccc(C(C)C)c1. The van der Waals surface area contributed by atoms with Crippen LogP contribution in [-0.2, 0) is 14.3 Å². The van der Waals surface area contributed by atoms with Crippen LogP contribution in [0.4, 0.5) is 0 Å². The highest BCUT2D eigenvalue weighted by Gasteiger charge is 2.19. The third-order valence-corrected chi connectivity index (χ3v) is 3.14. The summed E-state index contributed by atoms with van der Waals surface area (Å²) in [5.74, 6) is -0.706. The van der Waals surface area contributed by atoms with Crippen molar-refractivity contribution < 1.29 is 14.3 Å². The van der Waals surface area contributed by atoms with Crippen LogP contribution in [0.2, 0.25) is 0 Å². The molecule has 0 aliphatic heterocycles. The number of carbonyl (C=O) groups excluding carboxylic acids is 2. The summed E-state index contributed by atoms with van der Waals surface area (Å²) in [5, 5.41) is 0. The van der Waals surface area contributed by atoms with Gasteiger partial charge in [-0.3, -0.25) is 4.79 Å². The van der Waals surface area contributed by atoms with Crippen molar-refractivity contribution in [1.29, 1.82) is 0 Å². The molecule has 0 aromatic heterocycles. The van der Waals surface area contributed by atoms with Crippen LogP contribution in [0.5, 0.6) is 0 Å². The average molecular weight is 262 g/mol. The van der Waals surface area contributed by atoms with Crippen molar-refractivity contribution in [3.05, 3.63) is 35.4 Å². The number of carbonyl (C=O) groups is 2. The summed E-state index contributed by atoms with van der Waals surface area (Å²) in [6.07, 6.45) is 0.195. The van der Waals surface area contributed by atoms with Crippen LogP contribution in [0.3, 0.4) is 0 Å². The molecule has 0 saturated carbocycles. The van der Waals surface area contributed by atoms with E-state index >= 15 is 0 Å². The molecule has 1 aromatic carbocycles. The molecule has 1 aromatic rings. The van der Waals surface area contributed by atoms with Crippen molar-refractivity contribution >= 4 is 11.8 Å². The van der Waals surface area contributed by atoms with E-state index in [-0.39, 0.29) is 18.9 Å². The van der Waals surface area contributed by atoms with Crippen LogP contribution in [-0.4, -0.2) is 18.4 Å². The van der Waals surface area contributed by atoms with E-state index in [4.69, 9.17) is 4.74 Å². The van der Waals surface area contributed by atoms with Gasteiger partial charge in [-0.25, -0.2) is 4.79 Å². The Morgan fingerprint density at radius 3 is 2.37 bits per heavy atom. The molecular weight excluding hydrogens is 240 g/mol. The molecular formula is C16H22O3. The zero-order valence-electron chi connectivity index (χ0n) is 12.1. The lowest BCUT2D eigenvalue weighted by Gasteiger charge is -2.13. The summed E-state index contributed by atoms with van der Waals surface area (Å²) in [5.41, 5.74) is 2.33. The molecule has 0 aliphatic carbocycles. The molecule has 0 N–H and O–H groups in total. The van der Waals surface area contributed by atoms with Crippen LogP contribution >= 0.6 is 0 Å². The van der Waals surface area contributed by atoms with E-state index in [1.165, 1.54) is 5.56 Å². The average Bonchev–Trinajstić information content (AvgIpc) is 2.39. The van der Waals surface area contributed by atoms with Crippen LogP contribution < -0.4 is 0 Å². The number of hydrogen-bond donors (Lipinski definition) is 0. The topological polar surface area (TPSA) is 43.4 Å². The molecule has 0 unspecified atom stereocenters. The molecule has 0 fully saturated rings. The van der Waals surface area contributed by atoms with E-state index < -0.39 is 11.8 Å². The second kappa shape index (κ2) is 7.07. The summed E-state index contributed by atoms with van der Waals surface area (Å²) in [4.78, 5) is 23.0. The lowest BCUT2D eigenvalue weighted by molar-refractivity contribution is -0.153. The minimum atomic E-state index is -0.727. The first-order chi connectivity index (χ1) is 8.95. The molecule has 0 radical (unpaired) electrons. The summed E-state index contributed by atoms with van der Waals surface area (Å²) < 4.78 is 4.71. The standard InChI is InChI=1S/C16H22O3/c1-5-19-16(18)15(17)9-12(4)14-8-6-7-13(10-14)11(2)3/h6-8,10-12H,5,9H2,1-4H3/t12-/m0/s1. The Morgan fingerprint density at radius 2 is 1.79 bits per heavy atom. The first-order valence-electron chi connectivity index (χ1n) is 6.75. The van der Waals surface area contributed by atoms with E-state index in [0.29, 0.717) is 5.92 Å². The van der Waals surface area contributed by atoms with Crippen LogP contribution in [0.25, 0.3) is 0 Å². The molecule has 104 valence electrons. The van der Waals surface area contributed by atoms with Gasteiger partial charge in [0.25, 0.3) is 0 Å². The lowest BCUT2D eigenvalue weighted by Crippen LogP contribution is -2.19. The Kier molecular flexibility index (Phi) is 5.74. The molecule has 0 spiro atoms. The number of rotatable bonds is 6. The van der Waals surface area contributed by atoms with Crippen molar-refractivity contribution in [1.82, 2.24) is 0 Å². The molecule has 1 atom stereocenters. The lowest BCUT2D eigenvalue weighted by atomic mass is 9.92. The van der Waals surface area contributed by atoms with Gasteiger partial charge in [-0.05, 0) is 29.9 Å². The number of benzene rings is 1. The fourth-order valence-corrected chi connectivity index (χ4v) is 1.92. The Bertz CT molecular complexity index is 449. The van der Waals surface area contributed by atoms with Crippen molar-refractivity contribution in [3.8, 4) is 0 Å². The fourth-order valence-electron chi connectivity index (χ4n) is 1.92. The quantitative estimate of drug-likeness (QED) is 0.582. The monoisotopic (exact) mass is 262 g/mol. The second-order valence-electron chi connectivity index (χ2n) is 5.07. The number of ether oxygens (including phenoxy) is 1.